The minimum absolute atomic E-state index is 0.0156. The van der Waals surface area contributed by atoms with E-state index in [9.17, 15) is 13.2 Å². The van der Waals surface area contributed by atoms with Crippen molar-refractivity contribution >= 4 is 27.5 Å². The zero-order valence-electron chi connectivity index (χ0n) is 14.5. The Bertz CT molecular complexity index is 656. The van der Waals surface area contributed by atoms with Crippen LogP contribution in [-0.4, -0.2) is 51.4 Å². The van der Waals surface area contributed by atoms with Gasteiger partial charge in [0.25, 0.3) is 0 Å². The Morgan fingerprint density at radius 3 is 2.40 bits per heavy atom. The van der Waals surface area contributed by atoms with Crippen LogP contribution in [0.3, 0.4) is 0 Å². The first-order valence-corrected chi connectivity index (χ1v) is 10.5. The Balaban J connectivity index is 1.82. The molecule has 0 saturated carbocycles. The number of nitrogens with one attached hydrogen (secondary N) is 2. The van der Waals surface area contributed by atoms with Crippen LogP contribution in [0.4, 0.5) is 0 Å². The molecule has 1 aliphatic heterocycles. The molecule has 8 heteroatoms. The fraction of sp³-hybridized carbons (Fsp3) is 0.588. The molecule has 6 nitrogen and oxygen atoms in total. The van der Waals surface area contributed by atoms with Gasteiger partial charge in [0.1, 0.15) is 0 Å². The number of rotatable bonds is 8. The maximum atomic E-state index is 12.6. The summed E-state index contributed by atoms with van der Waals surface area (Å²) in [5.74, 6) is -0.107. The van der Waals surface area contributed by atoms with E-state index in [0.717, 1.165) is 19.5 Å². The fourth-order valence-electron chi connectivity index (χ4n) is 2.83. The Hall–Kier alpha value is -1.15. The molecule has 0 aliphatic carbocycles. The summed E-state index contributed by atoms with van der Waals surface area (Å²) in [7, 11) is -3.52. The highest BCUT2D eigenvalue weighted by Crippen LogP contribution is 2.24. The lowest BCUT2D eigenvalue weighted by molar-refractivity contribution is -0.126. The number of carbonyl (C=O) groups excluding carboxylic acids is 1. The first kappa shape index (κ1) is 20.2. The maximum absolute atomic E-state index is 12.6. The second-order valence-corrected chi connectivity index (χ2v) is 8.55. The molecule has 2 N–H and O–H groups in total. The van der Waals surface area contributed by atoms with Crippen LogP contribution >= 0.6 is 11.6 Å². The SMILES string of the molecule is CCCNCCNC(=O)C1CCN(S(=O)(=O)c2ccc(Cl)cc2)CC1. The second kappa shape index (κ2) is 9.52. The normalized spacial score (nSPS) is 16.7. The van der Waals surface area contributed by atoms with Gasteiger partial charge in [0, 0.05) is 37.1 Å². The lowest BCUT2D eigenvalue weighted by Gasteiger charge is -2.30. The van der Waals surface area contributed by atoms with E-state index < -0.39 is 10.0 Å². The molecular formula is C17H26ClN3O3S. The van der Waals surface area contributed by atoms with Gasteiger partial charge in [-0.15, -0.1) is 0 Å². The third kappa shape index (κ3) is 5.67. The topological polar surface area (TPSA) is 78.5 Å². The summed E-state index contributed by atoms with van der Waals surface area (Å²) >= 11 is 5.81. The molecule has 1 amide bonds. The number of benzene rings is 1. The van der Waals surface area contributed by atoms with Gasteiger partial charge in [-0.2, -0.15) is 4.31 Å². The van der Waals surface area contributed by atoms with Crippen molar-refractivity contribution in [2.24, 2.45) is 5.92 Å². The van der Waals surface area contributed by atoms with Crippen LogP contribution in [0.25, 0.3) is 0 Å². The average molecular weight is 388 g/mol. The predicted molar refractivity (Wildman–Crippen MR) is 99.1 cm³/mol. The number of carbonyl (C=O) groups is 1. The summed E-state index contributed by atoms with van der Waals surface area (Å²) in [4.78, 5) is 12.4. The van der Waals surface area contributed by atoms with Gasteiger partial charge in [0.15, 0.2) is 0 Å². The number of piperidine rings is 1. The highest BCUT2D eigenvalue weighted by molar-refractivity contribution is 7.89. The molecular weight excluding hydrogens is 362 g/mol. The zero-order chi connectivity index (χ0) is 18.3. The van der Waals surface area contributed by atoms with Crippen molar-refractivity contribution in [1.29, 1.82) is 0 Å². The summed E-state index contributed by atoms with van der Waals surface area (Å²) in [5.41, 5.74) is 0. The van der Waals surface area contributed by atoms with Crippen molar-refractivity contribution < 1.29 is 13.2 Å². The average Bonchev–Trinajstić information content (AvgIpc) is 2.62. The third-order valence-corrected chi connectivity index (χ3v) is 6.47. The number of sulfonamides is 1. The highest BCUT2D eigenvalue weighted by Gasteiger charge is 2.31. The van der Waals surface area contributed by atoms with Crippen LogP contribution in [0.5, 0.6) is 0 Å². The van der Waals surface area contributed by atoms with Gasteiger partial charge in [-0.3, -0.25) is 4.79 Å². The van der Waals surface area contributed by atoms with Crippen molar-refractivity contribution in [2.75, 3.05) is 32.7 Å². The van der Waals surface area contributed by atoms with E-state index in [0.29, 0.717) is 37.5 Å². The standard InChI is InChI=1S/C17H26ClN3O3S/c1-2-9-19-10-11-20-17(22)14-7-12-21(13-8-14)25(23,24)16-5-3-15(18)4-6-16/h3-6,14,19H,2,7-13H2,1H3,(H,20,22). The van der Waals surface area contributed by atoms with Gasteiger partial charge in [-0.1, -0.05) is 18.5 Å². The van der Waals surface area contributed by atoms with E-state index in [1.807, 2.05) is 0 Å². The Kier molecular flexibility index (Phi) is 7.68. The second-order valence-electron chi connectivity index (χ2n) is 6.17. The Morgan fingerprint density at radius 2 is 1.80 bits per heavy atom. The van der Waals surface area contributed by atoms with Gasteiger partial charge < -0.3 is 10.6 Å². The number of hydrogen-bond donors (Lipinski definition) is 2. The molecule has 1 saturated heterocycles. The Labute approximate surface area is 155 Å². The molecule has 0 aromatic heterocycles. The van der Waals surface area contributed by atoms with E-state index in [1.54, 1.807) is 12.1 Å². The van der Waals surface area contributed by atoms with Crippen molar-refractivity contribution in [3.63, 3.8) is 0 Å². The summed E-state index contributed by atoms with van der Waals surface area (Å²) < 4.78 is 26.7. The molecule has 1 aliphatic rings. The molecule has 140 valence electrons. The summed E-state index contributed by atoms with van der Waals surface area (Å²) in [6.07, 6.45) is 2.15. The molecule has 0 bridgehead atoms. The molecule has 2 rings (SSSR count). The lowest BCUT2D eigenvalue weighted by atomic mass is 9.97. The Morgan fingerprint density at radius 1 is 1.16 bits per heavy atom. The van der Waals surface area contributed by atoms with Gasteiger partial charge in [0.05, 0.1) is 4.90 Å². The lowest BCUT2D eigenvalue weighted by Crippen LogP contribution is -2.44. The molecule has 1 aromatic carbocycles. The number of hydrogen-bond acceptors (Lipinski definition) is 4. The minimum atomic E-state index is -3.52. The van der Waals surface area contributed by atoms with Crippen LogP contribution < -0.4 is 10.6 Å². The highest BCUT2D eigenvalue weighted by atomic mass is 35.5. The summed E-state index contributed by atoms with van der Waals surface area (Å²) in [5, 5.41) is 6.65. The number of amides is 1. The van der Waals surface area contributed by atoms with E-state index in [4.69, 9.17) is 11.6 Å². The molecule has 0 radical (unpaired) electrons. The van der Waals surface area contributed by atoms with Crippen LogP contribution in [0.1, 0.15) is 26.2 Å². The van der Waals surface area contributed by atoms with Crippen molar-refractivity contribution in [3.8, 4) is 0 Å². The van der Waals surface area contributed by atoms with Crippen LogP contribution in [0.2, 0.25) is 5.02 Å². The van der Waals surface area contributed by atoms with E-state index in [-0.39, 0.29) is 16.7 Å². The number of halogens is 1. The molecule has 1 aromatic rings. The predicted octanol–water partition coefficient (Wildman–Crippen LogP) is 1.86. The first-order valence-electron chi connectivity index (χ1n) is 8.69. The summed E-state index contributed by atoms with van der Waals surface area (Å²) in [6.45, 7) is 5.11. The smallest absolute Gasteiger partial charge is 0.243 e. The number of nitrogens with zero attached hydrogens (tertiary/aromatic N) is 1. The molecule has 0 spiro atoms. The molecule has 0 unspecified atom stereocenters. The van der Waals surface area contributed by atoms with E-state index in [1.165, 1.54) is 16.4 Å². The third-order valence-electron chi connectivity index (χ3n) is 4.30. The monoisotopic (exact) mass is 387 g/mol. The van der Waals surface area contributed by atoms with E-state index in [2.05, 4.69) is 17.6 Å². The molecule has 1 heterocycles. The molecule has 1 fully saturated rings. The van der Waals surface area contributed by atoms with Gasteiger partial charge in [0.2, 0.25) is 15.9 Å². The minimum Gasteiger partial charge on any atom is -0.355 e. The quantitative estimate of drug-likeness (QED) is 0.667. The van der Waals surface area contributed by atoms with Gasteiger partial charge in [-0.25, -0.2) is 8.42 Å². The van der Waals surface area contributed by atoms with Crippen LogP contribution in [0.15, 0.2) is 29.2 Å². The van der Waals surface area contributed by atoms with Crippen molar-refractivity contribution in [3.05, 3.63) is 29.3 Å². The first-order chi connectivity index (χ1) is 11.9. The fourth-order valence-corrected chi connectivity index (χ4v) is 4.43. The largest absolute Gasteiger partial charge is 0.355 e. The van der Waals surface area contributed by atoms with Gasteiger partial charge >= 0.3 is 0 Å². The van der Waals surface area contributed by atoms with Crippen LogP contribution in [-0.2, 0) is 14.8 Å². The van der Waals surface area contributed by atoms with E-state index >= 15 is 0 Å². The maximum Gasteiger partial charge on any atom is 0.243 e. The molecule has 0 atom stereocenters. The van der Waals surface area contributed by atoms with Crippen LogP contribution in [0, 0.1) is 5.92 Å². The summed E-state index contributed by atoms with van der Waals surface area (Å²) in [6, 6.07) is 6.17. The molecule has 25 heavy (non-hydrogen) atoms. The zero-order valence-corrected chi connectivity index (χ0v) is 16.1. The van der Waals surface area contributed by atoms with Gasteiger partial charge in [-0.05, 0) is 50.1 Å². The van der Waals surface area contributed by atoms with Crippen molar-refractivity contribution in [2.45, 2.75) is 31.1 Å². The van der Waals surface area contributed by atoms with Crippen molar-refractivity contribution in [1.82, 2.24) is 14.9 Å².